The molecule has 4 aliphatic rings. The van der Waals surface area contributed by atoms with Gasteiger partial charge in [0, 0.05) is 0 Å². The molecule has 0 heterocycles. The number of rotatable bonds is 2. The quantitative estimate of drug-likeness (QED) is 0.736. The Morgan fingerprint density at radius 2 is 1.56 bits per heavy atom. The van der Waals surface area contributed by atoms with Crippen molar-refractivity contribution in [1.29, 1.82) is 0 Å². The van der Waals surface area contributed by atoms with E-state index < -0.39 is 16.8 Å². The minimum atomic E-state index is -0.716. The standard InChI is InChI=1S/C12H17NO3/c13-9(14)11-2-7-1-8(3-11)5-12(4-7,6-11)10(15)16/h7-8H,1-6H2,(H2,13,14)(H,15,16). The first-order valence-corrected chi connectivity index (χ1v) is 5.99. The lowest BCUT2D eigenvalue weighted by molar-refractivity contribution is -0.177. The minimum absolute atomic E-state index is 0.271. The van der Waals surface area contributed by atoms with Crippen molar-refractivity contribution in [3.05, 3.63) is 0 Å². The Kier molecular flexibility index (Phi) is 1.76. The van der Waals surface area contributed by atoms with Crippen molar-refractivity contribution in [2.75, 3.05) is 0 Å². The number of carboxylic acids is 1. The molecule has 4 nitrogen and oxygen atoms in total. The van der Waals surface area contributed by atoms with Crippen molar-refractivity contribution in [1.82, 2.24) is 0 Å². The van der Waals surface area contributed by atoms with Crippen molar-refractivity contribution < 1.29 is 14.7 Å². The van der Waals surface area contributed by atoms with Crippen molar-refractivity contribution in [2.45, 2.75) is 38.5 Å². The van der Waals surface area contributed by atoms with E-state index in [2.05, 4.69) is 0 Å². The van der Waals surface area contributed by atoms with Crippen molar-refractivity contribution in [3.8, 4) is 0 Å². The molecule has 3 N–H and O–H groups in total. The maximum absolute atomic E-state index is 11.6. The van der Waals surface area contributed by atoms with Gasteiger partial charge >= 0.3 is 5.97 Å². The number of carbonyl (C=O) groups is 2. The van der Waals surface area contributed by atoms with E-state index in [1.165, 1.54) is 0 Å². The molecule has 4 heteroatoms. The second kappa shape index (κ2) is 2.79. The van der Waals surface area contributed by atoms with Crippen LogP contribution in [-0.4, -0.2) is 17.0 Å². The number of hydrogen-bond donors (Lipinski definition) is 2. The predicted octanol–water partition coefficient (Wildman–Crippen LogP) is 1.14. The van der Waals surface area contributed by atoms with E-state index in [9.17, 15) is 14.7 Å². The second-order valence-corrected chi connectivity index (χ2v) is 6.19. The van der Waals surface area contributed by atoms with Crippen LogP contribution in [-0.2, 0) is 9.59 Å². The SMILES string of the molecule is NC(=O)C12CC3CC(C1)CC(C(=O)O)(C3)C2. The maximum atomic E-state index is 11.6. The minimum Gasteiger partial charge on any atom is -0.481 e. The summed E-state index contributed by atoms with van der Waals surface area (Å²) in [6, 6.07) is 0. The molecule has 2 unspecified atom stereocenters. The van der Waals surface area contributed by atoms with Gasteiger partial charge in [-0.15, -0.1) is 0 Å². The molecule has 0 aromatic rings. The highest BCUT2D eigenvalue weighted by Crippen LogP contribution is 2.65. The molecule has 0 aromatic carbocycles. The van der Waals surface area contributed by atoms with Crippen LogP contribution in [0, 0.1) is 22.7 Å². The van der Waals surface area contributed by atoms with Gasteiger partial charge in [-0.25, -0.2) is 0 Å². The van der Waals surface area contributed by atoms with Crippen LogP contribution in [0.4, 0.5) is 0 Å². The normalized spacial score (nSPS) is 49.2. The van der Waals surface area contributed by atoms with Crippen LogP contribution >= 0.6 is 0 Å². The molecule has 4 bridgehead atoms. The van der Waals surface area contributed by atoms with E-state index in [-0.39, 0.29) is 5.91 Å². The fraction of sp³-hybridized carbons (Fsp3) is 0.833. The van der Waals surface area contributed by atoms with Gasteiger partial charge in [-0.3, -0.25) is 9.59 Å². The highest BCUT2D eigenvalue weighted by Gasteiger charge is 2.62. The van der Waals surface area contributed by atoms with Gasteiger partial charge in [-0.05, 0) is 50.4 Å². The highest BCUT2D eigenvalue weighted by molar-refractivity contribution is 5.84. The Morgan fingerprint density at radius 1 is 1.06 bits per heavy atom. The fourth-order valence-electron chi connectivity index (χ4n) is 4.80. The molecule has 0 aliphatic heterocycles. The Balaban J connectivity index is 2.03. The molecular formula is C12H17NO3. The average Bonchev–Trinajstić information content (AvgIpc) is 2.14. The predicted molar refractivity (Wildman–Crippen MR) is 56.4 cm³/mol. The van der Waals surface area contributed by atoms with Gasteiger partial charge in [0.2, 0.25) is 5.91 Å². The molecule has 4 rings (SSSR count). The van der Waals surface area contributed by atoms with Crippen molar-refractivity contribution in [3.63, 3.8) is 0 Å². The molecule has 0 spiro atoms. The summed E-state index contributed by atoms with van der Waals surface area (Å²) in [5, 5.41) is 9.42. The Morgan fingerprint density at radius 3 is 2.00 bits per heavy atom. The molecule has 88 valence electrons. The zero-order valence-corrected chi connectivity index (χ0v) is 9.24. The first kappa shape index (κ1) is 10.1. The van der Waals surface area contributed by atoms with Gasteiger partial charge in [-0.1, -0.05) is 0 Å². The van der Waals surface area contributed by atoms with Gasteiger partial charge in [-0.2, -0.15) is 0 Å². The summed E-state index contributed by atoms with van der Waals surface area (Å²) in [6.45, 7) is 0. The van der Waals surface area contributed by atoms with Crippen LogP contribution in [0.1, 0.15) is 38.5 Å². The molecule has 4 saturated carbocycles. The average molecular weight is 223 g/mol. The fourth-order valence-corrected chi connectivity index (χ4v) is 4.80. The summed E-state index contributed by atoms with van der Waals surface area (Å²) in [7, 11) is 0. The van der Waals surface area contributed by atoms with Crippen LogP contribution in [0.5, 0.6) is 0 Å². The lowest BCUT2D eigenvalue weighted by atomic mass is 9.44. The molecule has 1 amide bonds. The van der Waals surface area contributed by atoms with Crippen LogP contribution in [0.15, 0.2) is 0 Å². The van der Waals surface area contributed by atoms with E-state index in [4.69, 9.17) is 5.73 Å². The second-order valence-electron chi connectivity index (χ2n) is 6.19. The summed E-state index contributed by atoms with van der Waals surface area (Å²) in [4.78, 5) is 23.1. The monoisotopic (exact) mass is 223 g/mol. The van der Waals surface area contributed by atoms with E-state index in [0.29, 0.717) is 18.3 Å². The molecule has 4 fully saturated rings. The van der Waals surface area contributed by atoms with E-state index >= 15 is 0 Å². The van der Waals surface area contributed by atoms with Crippen LogP contribution in [0.25, 0.3) is 0 Å². The summed E-state index contributed by atoms with van der Waals surface area (Å²) >= 11 is 0. The zero-order chi connectivity index (χ0) is 11.6. The third kappa shape index (κ3) is 1.10. The number of carboxylic acid groups (broad SMARTS) is 1. The molecule has 0 radical (unpaired) electrons. The molecule has 16 heavy (non-hydrogen) atoms. The van der Waals surface area contributed by atoms with Gasteiger partial charge in [0.05, 0.1) is 10.8 Å². The maximum Gasteiger partial charge on any atom is 0.309 e. The number of primary amides is 1. The summed E-state index contributed by atoms with van der Waals surface area (Å²) in [5.74, 6) is -0.172. The largest absolute Gasteiger partial charge is 0.481 e. The number of amides is 1. The Hall–Kier alpha value is -1.06. The number of nitrogens with two attached hydrogens (primary N) is 1. The third-order valence-corrected chi connectivity index (χ3v) is 5.04. The summed E-state index contributed by atoms with van der Waals surface area (Å²) in [5.41, 5.74) is 4.38. The molecule has 0 saturated heterocycles. The smallest absolute Gasteiger partial charge is 0.309 e. The van der Waals surface area contributed by atoms with Gasteiger partial charge in [0.15, 0.2) is 0 Å². The lowest BCUT2D eigenvalue weighted by Gasteiger charge is -2.59. The first-order valence-electron chi connectivity index (χ1n) is 5.99. The molecule has 2 atom stereocenters. The number of hydrogen-bond acceptors (Lipinski definition) is 2. The van der Waals surface area contributed by atoms with Crippen LogP contribution in [0.2, 0.25) is 0 Å². The topological polar surface area (TPSA) is 80.4 Å². The first-order chi connectivity index (χ1) is 7.46. The Labute approximate surface area is 94.2 Å². The van der Waals surface area contributed by atoms with E-state index in [1.54, 1.807) is 0 Å². The number of aliphatic carboxylic acids is 1. The van der Waals surface area contributed by atoms with Gasteiger partial charge < -0.3 is 10.8 Å². The van der Waals surface area contributed by atoms with E-state index in [0.717, 1.165) is 32.1 Å². The summed E-state index contributed by atoms with van der Waals surface area (Å²) in [6.07, 6.45) is 4.76. The third-order valence-electron chi connectivity index (χ3n) is 5.04. The zero-order valence-electron chi connectivity index (χ0n) is 9.24. The summed E-state index contributed by atoms with van der Waals surface area (Å²) < 4.78 is 0. The Bertz CT molecular complexity index is 330. The molecular weight excluding hydrogens is 206 g/mol. The lowest BCUT2D eigenvalue weighted by Crippen LogP contribution is -2.58. The molecule has 0 aromatic heterocycles. The molecule has 4 aliphatic carbocycles. The van der Waals surface area contributed by atoms with Crippen LogP contribution in [0.3, 0.4) is 0 Å². The van der Waals surface area contributed by atoms with E-state index in [1.807, 2.05) is 0 Å². The number of carbonyl (C=O) groups excluding carboxylic acids is 1. The van der Waals surface area contributed by atoms with Crippen molar-refractivity contribution in [2.24, 2.45) is 28.4 Å². The van der Waals surface area contributed by atoms with Crippen LogP contribution < -0.4 is 5.73 Å². The highest BCUT2D eigenvalue weighted by atomic mass is 16.4. The van der Waals surface area contributed by atoms with Crippen molar-refractivity contribution >= 4 is 11.9 Å². The van der Waals surface area contributed by atoms with Gasteiger partial charge in [0.25, 0.3) is 0 Å². The van der Waals surface area contributed by atoms with Gasteiger partial charge in [0.1, 0.15) is 0 Å².